The Morgan fingerprint density at radius 1 is 0.975 bits per heavy atom. The van der Waals surface area contributed by atoms with Gasteiger partial charge in [0.05, 0.1) is 25.5 Å². The quantitative estimate of drug-likeness (QED) is 0.0427. The highest BCUT2D eigenvalue weighted by molar-refractivity contribution is 6.13. The molecule has 1 unspecified atom stereocenters. The summed E-state index contributed by atoms with van der Waals surface area (Å²) >= 11 is 0. The van der Waals surface area contributed by atoms with Crippen molar-refractivity contribution in [2.24, 2.45) is 5.16 Å². The minimum absolute atomic E-state index is 0.129. The van der Waals surface area contributed by atoms with Crippen molar-refractivity contribution in [1.29, 1.82) is 0 Å². The molecule has 1 heterocycles. The number of fused-ring (bicyclic) bond motifs is 2. The molecule has 0 bridgehead atoms. The molecular formula is C32H33NO7. The first-order valence-corrected chi connectivity index (χ1v) is 12.9. The number of oxime groups is 1. The predicted molar refractivity (Wildman–Crippen MR) is 155 cm³/mol. The standard InChI is InChI=1S/C19H15NO2.C13H18O5/c1-13(2)19(21)22-20-12-18-16-9-5-3-7-14(16)11-15-8-4-6-10-17(15)18;1-9(12(14)15)5-3-4-6-17-13(16)10(2)7-11-8-18-11/h3-12H,1H2,2H3;11H,1-8H2,(H,14,15). The summed E-state index contributed by atoms with van der Waals surface area (Å²) in [6.45, 7) is 13.1. The van der Waals surface area contributed by atoms with Gasteiger partial charge in [-0.1, -0.05) is 73.4 Å². The second-order valence-corrected chi connectivity index (χ2v) is 9.39. The number of hydrogen-bond donors (Lipinski definition) is 1. The van der Waals surface area contributed by atoms with Crippen LogP contribution < -0.4 is 0 Å². The van der Waals surface area contributed by atoms with Gasteiger partial charge in [0.25, 0.3) is 0 Å². The molecular weight excluding hydrogens is 510 g/mol. The van der Waals surface area contributed by atoms with Crippen LogP contribution in [0, 0.1) is 0 Å². The number of carboxylic acids is 1. The molecule has 8 nitrogen and oxygen atoms in total. The lowest BCUT2D eigenvalue weighted by atomic mass is 9.97. The van der Waals surface area contributed by atoms with E-state index >= 15 is 0 Å². The lowest BCUT2D eigenvalue weighted by molar-refractivity contribution is -0.140. The molecule has 1 saturated heterocycles. The number of carbonyl (C=O) groups is 3. The number of nitrogens with zero attached hydrogens (tertiary/aromatic N) is 1. The summed E-state index contributed by atoms with van der Waals surface area (Å²) in [6.07, 6.45) is 3.90. The molecule has 0 radical (unpaired) electrons. The Balaban J connectivity index is 0.000000226. The number of carbonyl (C=O) groups excluding carboxylic acids is 2. The van der Waals surface area contributed by atoms with E-state index in [1.807, 2.05) is 36.4 Å². The smallest absolute Gasteiger partial charge is 0.360 e. The molecule has 40 heavy (non-hydrogen) atoms. The molecule has 3 aromatic carbocycles. The van der Waals surface area contributed by atoms with Crippen LogP contribution in [-0.2, 0) is 28.7 Å². The number of esters is 1. The van der Waals surface area contributed by atoms with Crippen molar-refractivity contribution in [2.45, 2.75) is 38.7 Å². The molecule has 0 spiro atoms. The van der Waals surface area contributed by atoms with Crippen molar-refractivity contribution < 1.29 is 33.8 Å². The van der Waals surface area contributed by atoms with E-state index in [9.17, 15) is 14.4 Å². The number of ether oxygens (including phenoxy) is 2. The van der Waals surface area contributed by atoms with Crippen molar-refractivity contribution in [3.8, 4) is 0 Å². The molecule has 4 rings (SSSR count). The van der Waals surface area contributed by atoms with E-state index in [1.165, 1.54) is 0 Å². The molecule has 0 aromatic heterocycles. The molecule has 8 heteroatoms. The third-order valence-corrected chi connectivity index (χ3v) is 6.05. The maximum absolute atomic E-state index is 11.4. The third kappa shape index (κ3) is 9.03. The SMILES string of the molecule is C=C(C)C(=O)ON=Cc1c2ccccc2cc2ccccc12.C=C(CCCCOC(=O)C(=C)CC1CO1)C(=O)O. The highest BCUT2D eigenvalue weighted by Crippen LogP contribution is 2.27. The van der Waals surface area contributed by atoms with Gasteiger partial charge >= 0.3 is 17.9 Å². The maximum atomic E-state index is 11.4. The number of carboxylic acid groups (broad SMARTS) is 1. The molecule has 1 N–H and O–H groups in total. The minimum Gasteiger partial charge on any atom is -0.478 e. The zero-order valence-electron chi connectivity index (χ0n) is 22.6. The number of unbranched alkanes of at least 4 members (excludes halogenated alkanes) is 1. The Hall–Kier alpha value is -4.56. The van der Waals surface area contributed by atoms with E-state index in [0.29, 0.717) is 43.4 Å². The Morgan fingerprint density at radius 2 is 1.57 bits per heavy atom. The van der Waals surface area contributed by atoms with E-state index in [4.69, 9.17) is 19.4 Å². The number of hydrogen-bond acceptors (Lipinski definition) is 7. The van der Waals surface area contributed by atoms with Crippen LogP contribution in [0.2, 0.25) is 0 Å². The maximum Gasteiger partial charge on any atom is 0.360 e. The van der Waals surface area contributed by atoms with Crippen LogP contribution in [0.4, 0.5) is 0 Å². The summed E-state index contributed by atoms with van der Waals surface area (Å²) in [5.41, 5.74) is 1.85. The van der Waals surface area contributed by atoms with Crippen LogP contribution in [-0.4, -0.2) is 48.5 Å². The molecule has 0 aliphatic carbocycles. The van der Waals surface area contributed by atoms with Crippen molar-refractivity contribution >= 4 is 45.7 Å². The summed E-state index contributed by atoms with van der Waals surface area (Å²) < 4.78 is 9.99. The zero-order valence-corrected chi connectivity index (χ0v) is 22.6. The third-order valence-electron chi connectivity index (χ3n) is 6.05. The summed E-state index contributed by atoms with van der Waals surface area (Å²) in [5, 5.41) is 16.8. The normalized spacial score (nSPS) is 13.8. The molecule has 1 aliphatic heterocycles. The Kier molecular flexibility index (Phi) is 10.9. The van der Waals surface area contributed by atoms with Gasteiger partial charge in [0, 0.05) is 28.7 Å². The second-order valence-electron chi connectivity index (χ2n) is 9.39. The van der Waals surface area contributed by atoms with Gasteiger partial charge in [0.2, 0.25) is 0 Å². The van der Waals surface area contributed by atoms with E-state index < -0.39 is 17.9 Å². The van der Waals surface area contributed by atoms with Crippen LogP contribution in [0.3, 0.4) is 0 Å². The van der Waals surface area contributed by atoms with Gasteiger partial charge in [-0.2, -0.15) is 0 Å². The minimum atomic E-state index is -0.982. The summed E-state index contributed by atoms with van der Waals surface area (Å²) in [7, 11) is 0. The van der Waals surface area contributed by atoms with Crippen LogP contribution in [0.15, 0.2) is 96.2 Å². The Bertz CT molecular complexity index is 1410. The average Bonchev–Trinajstić information content (AvgIpc) is 3.76. The lowest BCUT2D eigenvalue weighted by Gasteiger charge is -2.07. The van der Waals surface area contributed by atoms with Gasteiger partial charge in [-0.3, -0.25) is 0 Å². The van der Waals surface area contributed by atoms with Crippen molar-refractivity contribution in [3.63, 3.8) is 0 Å². The molecule has 0 amide bonds. The van der Waals surface area contributed by atoms with Crippen molar-refractivity contribution in [2.75, 3.05) is 13.2 Å². The highest BCUT2D eigenvalue weighted by atomic mass is 16.7. The number of epoxide rings is 1. The second kappa shape index (κ2) is 14.6. The van der Waals surface area contributed by atoms with E-state index in [2.05, 4.69) is 43.1 Å². The first-order chi connectivity index (χ1) is 19.2. The van der Waals surface area contributed by atoms with Crippen LogP contribution in [0.5, 0.6) is 0 Å². The highest BCUT2D eigenvalue weighted by Gasteiger charge is 2.25. The summed E-state index contributed by atoms with van der Waals surface area (Å²) in [6, 6.07) is 18.3. The van der Waals surface area contributed by atoms with Crippen LogP contribution >= 0.6 is 0 Å². The van der Waals surface area contributed by atoms with Gasteiger partial charge in [-0.15, -0.1) is 0 Å². The largest absolute Gasteiger partial charge is 0.478 e. The first kappa shape index (κ1) is 30.0. The fourth-order valence-corrected chi connectivity index (χ4v) is 3.75. The monoisotopic (exact) mass is 543 g/mol. The van der Waals surface area contributed by atoms with Crippen LogP contribution in [0.1, 0.15) is 38.2 Å². The van der Waals surface area contributed by atoms with Crippen molar-refractivity contribution in [1.82, 2.24) is 0 Å². The summed E-state index contributed by atoms with van der Waals surface area (Å²) in [4.78, 5) is 38.1. The Labute approximate surface area is 233 Å². The van der Waals surface area contributed by atoms with Gasteiger partial charge < -0.3 is 19.4 Å². The number of benzene rings is 3. The first-order valence-electron chi connectivity index (χ1n) is 12.9. The number of aliphatic carboxylic acids is 1. The molecule has 1 atom stereocenters. The summed E-state index contributed by atoms with van der Waals surface area (Å²) in [5.74, 6) is -1.91. The topological polar surface area (TPSA) is 115 Å². The molecule has 1 fully saturated rings. The lowest BCUT2D eigenvalue weighted by Crippen LogP contribution is -2.10. The molecule has 208 valence electrons. The average molecular weight is 544 g/mol. The van der Waals surface area contributed by atoms with Gasteiger partial charge in [-0.05, 0) is 53.8 Å². The molecule has 0 saturated carbocycles. The fraction of sp³-hybridized carbons (Fsp3) is 0.250. The van der Waals surface area contributed by atoms with Crippen molar-refractivity contribution in [3.05, 3.63) is 96.6 Å². The molecule has 3 aromatic rings. The number of rotatable bonds is 12. The predicted octanol–water partition coefficient (Wildman–Crippen LogP) is 6.13. The van der Waals surface area contributed by atoms with E-state index in [-0.39, 0.29) is 18.3 Å². The van der Waals surface area contributed by atoms with Gasteiger partial charge in [-0.25, -0.2) is 14.4 Å². The van der Waals surface area contributed by atoms with Crippen LogP contribution in [0.25, 0.3) is 21.5 Å². The zero-order chi connectivity index (χ0) is 29.1. The van der Waals surface area contributed by atoms with E-state index in [1.54, 1.807) is 13.1 Å². The Morgan fingerprint density at radius 3 is 2.12 bits per heavy atom. The molecule has 1 aliphatic rings. The van der Waals surface area contributed by atoms with E-state index in [0.717, 1.165) is 27.1 Å². The van der Waals surface area contributed by atoms with Gasteiger partial charge in [0.1, 0.15) is 0 Å². The van der Waals surface area contributed by atoms with Gasteiger partial charge in [0.15, 0.2) is 0 Å². The fourth-order valence-electron chi connectivity index (χ4n) is 3.75.